The second-order valence-corrected chi connectivity index (χ2v) is 4.91. The van der Waals surface area contributed by atoms with Crippen LogP contribution in [0.15, 0.2) is 16.8 Å². The Morgan fingerprint density at radius 1 is 1.43 bits per heavy atom. The standard InChI is InChI=1S/C13H13N3O5/c1-6-8-2-7(3-14-12(8)21-16-6)11(17)15-10-5-20-4-9(10)13(18)19/h2-3,9-10H,4-5H2,1H3,(H,15,17)(H,18,19). The molecule has 0 aromatic carbocycles. The van der Waals surface area contributed by atoms with Gasteiger partial charge >= 0.3 is 5.97 Å². The number of carbonyl (C=O) groups excluding carboxylic acids is 1. The number of amides is 1. The molecule has 8 nitrogen and oxygen atoms in total. The Hall–Kier alpha value is -2.48. The molecule has 0 spiro atoms. The number of pyridine rings is 1. The van der Waals surface area contributed by atoms with Gasteiger partial charge in [0.05, 0.1) is 35.9 Å². The molecule has 0 bridgehead atoms. The Balaban J connectivity index is 1.80. The lowest BCUT2D eigenvalue weighted by Crippen LogP contribution is -2.42. The number of nitrogens with zero attached hydrogens (tertiary/aromatic N) is 2. The Kier molecular flexibility index (Phi) is 3.30. The number of ether oxygens (including phenoxy) is 1. The Bertz CT molecular complexity index is 711. The van der Waals surface area contributed by atoms with Crippen molar-refractivity contribution in [3.63, 3.8) is 0 Å². The average Bonchev–Trinajstić information content (AvgIpc) is 3.06. The number of aliphatic carboxylic acids is 1. The van der Waals surface area contributed by atoms with Crippen molar-refractivity contribution in [2.75, 3.05) is 13.2 Å². The highest BCUT2D eigenvalue weighted by Gasteiger charge is 2.35. The highest BCUT2D eigenvalue weighted by molar-refractivity contribution is 5.97. The van der Waals surface area contributed by atoms with Crippen molar-refractivity contribution in [1.82, 2.24) is 15.5 Å². The molecule has 0 aliphatic carbocycles. The van der Waals surface area contributed by atoms with Gasteiger partial charge in [-0.3, -0.25) is 9.59 Å². The first kappa shape index (κ1) is 13.5. The van der Waals surface area contributed by atoms with Crippen LogP contribution in [0.5, 0.6) is 0 Å². The van der Waals surface area contributed by atoms with Gasteiger partial charge in [-0.1, -0.05) is 5.16 Å². The van der Waals surface area contributed by atoms with E-state index in [2.05, 4.69) is 15.5 Å². The molecule has 0 saturated carbocycles. The minimum atomic E-state index is -0.985. The molecule has 1 fully saturated rings. The minimum Gasteiger partial charge on any atom is -0.481 e. The largest absolute Gasteiger partial charge is 0.481 e. The number of carbonyl (C=O) groups is 2. The smallest absolute Gasteiger partial charge is 0.311 e. The van der Waals surface area contributed by atoms with Crippen LogP contribution in [-0.2, 0) is 9.53 Å². The zero-order chi connectivity index (χ0) is 15.0. The summed E-state index contributed by atoms with van der Waals surface area (Å²) in [6, 6.07) is 1.07. The molecule has 2 N–H and O–H groups in total. The fourth-order valence-electron chi connectivity index (χ4n) is 2.26. The lowest BCUT2D eigenvalue weighted by atomic mass is 10.0. The molecule has 3 heterocycles. The number of carboxylic acids is 1. The molecule has 110 valence electrons. The molecule has 1 aliphatic rings. The van der Waals surface area contributed by atoms with Crippen LogP contribution in [0.4, 0.5) is 0 Å². The maximum atomic E-state index is 12.2. The second kappa shape index (κ2) is 5.13. The second-order valence-electron chi connectivity index (χ2n) is 4.91. The van der Waals surface area contributed by atoms with E-state index in [1.54, 1.807) is 13.0 Å². The summed E-state index contributed by atoms with van der Waals surface area (Å²) in [5, 5.41) is 16.1. The monoisotopic (exact) mass is 291 g/mol. The summed E-state index contributed by atoms with van der Waals surface area (Å²) in [4.78, 5) is 27.3. The van der Waals surface area contributed by atoms with Crippen LogP contribution in [0.3, 0.4) is 0 Å². The van der Waals surface area contributed by atoms with Crippen molar-refractivity contribution in [2.24, 2.45) is 5.92 Å². The van der Waals surface area contributed by atoms with Gasteiger partial charge < -0.3 is 19.7 Å². The minimum absolute atomic E-state index is 0.0995. The van der Waals surface area contributed by atoms with Gasteiger partial charge in [0.2, 0.25) is 0 Å². The topological polar surface area (TPSA) is 115 Å². The quantitative estimate of drug-likeness (QED) is 0.839. The molecule has 21 heavy (non-hydrogen) atoms. The summed E-state index contributed by atoms with van der Waals surface area (Å²) in [7, 11) is 0. The van der Waals surface area contributed by atoms with Gasteiger partial charge in [-0.25, -0.2) is 4.98 Å². The first-order chi connectivity index (χ1) is 10.1. The van der Waals surface area contributed by atoms with E-state index < -0.39 is 23.8 Å². The number of aryl methyl sites for hydroxylation is 1. The number of hydrogen-bond acceptors (Lipinski definition) is 6. The van der Waals surface area contributed by atoms with Crippen LogP contribution in [0.2, 0.25) is 0 Å². The van der Waals surface area contributed by atoms with E-state index in [-0.39, 0.29) is 13.2 Å². The molecule has 2 aromatic rings. The van der Waals surface area contributed by atoms with E-state index in [0.717, 1.165) is 0 Å². The van der Waals surface area contributed by atoms with Crippen molar-refractivity contribution < 1.29 is 24.0 Å². The Morgan fingerprint density at radius 2 is 2.24 bits per heavy atom. The third-order valence-corrected chi connectivity index (χ3v) is 3.49. The van der Waals surface area contributed by atoms with Gasteiger partial charge in [0, 0.05) is 6.20 Å². The number of hydrogen-bond donors (Lipinski definition) is 2. The number of aromatic nitrogens is 2. The summed E-state index contributed by atoms with van der Waals surface area (Å²) in [5.74, 6) is -2.11. The first-order valence-electron chi connectivity index (χ1n) is 6.39. The molecular weight excluding hydrogens is 278 g/mol. The van der Waals surface area contributed by atoms with E-state index in [0.29, 0.717) is 22.4 Å². The van der Waals surface area contributed by atoms with Gasteiger partial charge in [-0.15, -0.1) is 0 Å². The number of fused-ring (bicyclic) bond motifs is 1. The van der Waals surface area contributed by atoms with Gasteiger partial charge in [0.15, 0.2) is 0 Å². The average molecular weight is 291 g/mol. The Labute approximate surface area is 119 Å². The normalized spacial score (nSPS) is 21.6. The number of nitrogens with one attached hydrogen (secondary N) is 1. The van der Waals surface area contributed by atoms with E-state index in [1.165, 1.54) is 6.20 Å². The summed E-state index contributed by atoms with van der Waals surface area (Å²) in [6.07, 6.45) is 1.37. The molecular formula is C13H13N3O5. The van der Waals surface area contributed by atoms with Gasteiger partial charge in [-0.2, -0.15) is 0 Å². The molecule has 1 saturated heterocycles. The lowest BCUT2D eigenvalue weighted by Gasteiger charge is -2.15. The summed E-state index contributed by atoms with van der Waals surface area (Å²) < 4.78 is 10.1. The predicted octanol–water partition coefficient (Wildman–Crippen LogP) is 0.361. The number of carboxylic acid groups (broad SMARTS) is 1. The molecule has 3 rings (SSSR count). The van der Waals surface area contributed by atoms with E-state index in [4.69, 9.17) is 14.4 Å². The molecule has 1 amide bonds. The first-order valence-corrected chi connectivity index (χ1v) is 6.39. The predicted molar refractivity (Wildman–Crippen MR) is 69.7 cm³/mol. The van der Waals surface area contributed by atoms with Crippen molar-refractivity contribution in [2.45, 2.75) is 13.0 Å². The molecule has 0 radical (unpaired) electrons. The third kappa shape index (κ3) is 2.45. The van der Waals surface area contributed by atoms with E-state index >= 15 is 0 Å². The van der Waals surface area contributed by atoms with Crippen molar-refractivity contribution >= 4 is 23.0 Å². The molecule has 2 atom stereocenters. The molecule has 8 heteroatoms. The van der Waals surface area contributed by atoms with Crippen LogP contribution in [0.25, 0.3) is 11.1 Å². The number of rotatable bonds is 3. The highest BCUT2D eigenvalue weighted by Crippen LogP contribution is 2.18. The summed E-state index contributed by atoms with van der Waals surface area (Å²) in [5.41, 5.74) is 1.32. The third-order valence-electron chi connectivity index (χ3n) is 3.49. The molecule has 2 aromatic heterocycles. The molecule has 1 aliphatic heterocycles. The zero-order valence-electron chi connectivity index (χ0n) is 11.2. The van der Waals surface area contributed by atoms with Crippen molar-refractivity contribution in [3.05, 3.63) is 23.5 Å². The highest BCUT2D eigenvalue weighted by atomic mass is 16.5. The maximum absolute atomic E-state index is 12.2. The van der Waals surface area contributed by atoms with Gasteiger partial charge in [-0.05, 0) is 13.0 Å². The van der Waals surface area contributed by atoms with Crippen LogP contribution >= 0.6 is 0 Å². The van der Waals surface area contributed by atoms with Crippen molar-refractivity contribution in [1.29, 1.82) is 0 Å². The fraction of sp³-hybridized carbons (Fsp3) is 0.385. The van der Waals surface area contributed by atoms with E-state index in [1.807, 2.05) is 0 Å². The van der Waals surface area contributed by atoms with E-state index in [9.17, 15) is 9.59 Å². The van der Waals surface area contributed by atoms with Crippen molar-refractivity contribution in [3.8, 4) is 0 Å². The van der Waals surface area contributed by atoms with Crippen LogP contribution < -0.4 is 5.32 Å². The zero-order valence-corrected chi connectivity index (χ0v) is 11.2. The summed E-state index contributed by atoms with van der Waals surface area (Å²) in [6.45, 7) is 2.04. The SMILES string of the molecule is Cc1noc2ncc(C(=O)NC3COCC3C(=O)O)cc12. The van der Waals surface area contributed by atoms with Gasteiger partial charge in [0.1, 0.15) is 5.92 Å². The summed E-state index contributed by atoms with van der Waals surface area (Å²) >= 11 is 0. The van der Waals surface area contributed by atoms with Crippen LogP contribution in [0, 0.1) is 12.8 Å². The lowest BCUT2D eigenvalue weighted by molar-refractivity contribution is -0.142. The molecule has 2 unspecified atom stereocenters. The maximum Gasteiger partial charge on any atom is 0.311 e. The van der Waals surface area contributed by atoms with Gasteiger partial charge in [0.25, 0.3) is 11.6 Å². The van der Waals surface area contributed by atoms with Crippen LogP contribution in [-0.4, -0.2) is 46.4 Å². The van der Waals surface area contributed by atoms with Crippen LogP contribution in [0.1, 0.15) is 16.1 Å². The fourth-order valence-corrected chi connectivity index (χ4v) is 2.26. The Morgan fingerprint density at radius 3 is 3.00 bits per heavy atom.